The second-order valence-corrected chi connectivity index (χ2v) is 12.6. The van der Waals surface area contributed by atoms with Gasteiger partial charge >= 0.3 is 0 Å². The summed E-state index contributed by atoms with van der Waals surface area (Å²) < 4.78 is 47.2. The zero-order valence-corrected chi connectivity index (χ0v) is 24.1. The molecule has 0 aliphatic carbocycles. The highest BCUT2D eigenvalue weighted by Crippen LogP contribution is 2.33. The maximum Gasteiger partial charge on any atom is 0.279 e. The number of rotatable bonds is 9. The minimum absolute atomic E-state index is 0.184. The summed E-state index contributed by atoms with van der Waals surface area (Å²) in [5.41, 5.74) is 1.17. The van der Waals surface area contributed by atoms with Gasteiger partial charge in [0.2, 0.25) is 10.0 Å². The van der Waals surface area contributed by atoms with Crippen molar-refractivity contribution in [3.63, 3.8) is 0 Å². The van der Waals surface area contributed by atoms with Crippen molar-refractivity contribution >= 4 is 37.5 Å². The van der Waals surface area contributed by atoms with Gasteiger partial charge in [0.05, 0.1) is 35.9 Å². The standard InChI is InChI=1S/C27H35N3O6S2/c1-6-36-12-11-30-22-14-23(34-4)24(35-5)15-25(22)37-27(30)28-26(31)20-7-9-21(10-8-20)38(32,33)29-16-18(2)13-19(3)17-29/h7-10,14-15,18-19H,6,11-13,16-17H2,1-5H3. The molecule has 11 heteroatoms. The van der Waals surface area contributed by atoms with E-state index in [-0.39, 0.29) is 4.90 Å². The van der Waals surface area contributed by atoms with Gasteiger partial charge in [-0.3, -0.25) is 4.79 Å². The summed E-state index contributed by atoms with van der Waals surface area (Å²) in [7, 11) is -0.478. The summed E-state index contributed by atoms with van der Waals surface area (Å²) in [5, 5.41) is 0. The van der Waals surface area contributed by atoms with Crippen molar-refractivity contribution in [3.05, 3.63) is 46.8 Å². The summed E-state index contributed by atoms with van der Waals surface area (Å²) in [5.74, 6) is 1.33. The molecule has 1 fully saturated rings. The minimum atomic E-state index is -3.63. The van der Waals surface area contributed by atoms with E-state index in [9.17, 15) is 13.2 Å². The van der Waals surface area contributed by atoms with Gasteiger partial charge in [0.1, 0.15) is 0 Å². The van der Waals surface area contributed by atoms with Crippen LogP contribution in [0.2, 0.25) is 0 Å². The number of carbonyl (C=O) groups excluding carboxylic acids is 1. The Morgan fingerprint density at radius 3 is 2.29 bits per heavy atom. The second kappa shape index (κ2) is 12.0. The van der Waals surface area contributed by atoms with Gasteiger partial charge in [-0.05, 0) is 49.4 Å². The predicted octanol–water partition coefficient (Wildman–Crippen LogP) is 4.16. The predicted molar refractivity (Wildman–Crippen MR) is 147 cm³/mol. The van der Waals surface area contributed by atoms with Crippen LogP contribution in [0, 0.1) is 11.8 Å². The first kappa shape index (κ1) is 28.3. The van der Waals surface area contributed by atoms with Crippen LogP contribution in [0.25, 0.3) is 10.2 Å². The van der Waals surface area contributed by atoms with Gasteiger partial charge in [-0.2, -0.15) is 9.30 Å². The molecule has 2 unspecified atom stereocenters. The lowest BCUT2D eigenvalue weighted by molar-refractivity contribution is 0.0996. The van der Waals surface area contributed by atoms with E-state index in [2.05, 4.69) is 18.8 Å². The lowest BCUT2D eigenvalue weighted by atomic mass is 9.94. The molecule has 2 aromatic carbocycles. The molecule has 38 heavy (non-hydrogen) atoms. The van der Waals surface area contributed by atoms with Gasteiger partial charge in [0, 0.05) is 43.9 Å². The topological polar surface area (TPSA) is 99.4 Å². The van der Waals surface area contributed by atoms with Gasteiger partial charge in [-0.1, -0.05) is 25.2 Å². The van der Waals surface area contributed by atoms with Crippen LogP contribution >= 0.6 is 11.3 Å². The minimum Gasteiger partial charge on any atom is -0.493 e. The van der Waals surface area contributed by atoms with Crippen LogP contribution < -0.4 is 14.3 Å². The Morgan fingerprint density at radius 1 is 1.05 bits per heavy atom. The molecule has 1 amide bonds. The quantitative estimate of drug-likeness (QED) is 0.364. The highest BCUT2D eigenvalue weighted by molar-refractivity contribution is 7.89. The number of carbonyl (C=O) groups is 1. The Hall–Kier alpha value is -2.73. The lowest BCUT2D eigenvalue weighted by Crippen LogP contribution is -2.42. The van der Waals surface area contributed by atoms with E-state index in [0.29, 0.717) is 66.5 Å². The number of sulfonamides is 1. The van der Waals surface area contributed by atoms with Crippen molar-refractivity contribution in [2.75, 3.05) is 40.5 Å². The molecule has 206 valence electrons. The Bertz CT molecular complexity index is 1450. The maximum atomic E-state index is 13.2. The number of benzene rings is 2. The summed E-state index contributed by atoms with van der Waals surface area (Å²) in [4.78, 5) is 18.2. The molecular formula is C27H35N3O6S2. The van der Waals surface area contributed by atoms with Gasteiger partial charge in [0.15, 0.2) is 16.3 Å². The summed E-state index contributed by atoms with van der Waals surface area (Å²) >= 11 is 1.36. The molecule has 0 saturated carbocycles. The molecule has 2 atom stereocenters. The number of hydrogen-bond donors (Lipinski definition) is 0. The number of ether oxygens (including phenoxy) is 3. The van der Waals surface area contributed by atoms with Crippen LogP contribution in [0.4, 0.5) is 0 Å². The van der Waals surface area contributed by atoms with Crippen LogP contribution in [0.3, 0.4) is 0 Å². The van der Waals surface area contributed by atoms with Crippen molar-refractivity contribution in [3.8, 4) is 11.5 Å². The van der Waals surface area contributed by atoms with E-state index in [1.807, 2.05) is 23.6 Å². The van der Waals surface area contributed by atoms with Crippen molar-refractivity contribution in [1.82, 2.24) is 8.87 Å². The zero-order chi connectivity index (χ0) is 27.4. The number of thiazole rings is 1. The van der Waals surface area contributed by atoms with Crippen molar-refractivity contribution in [2.45, 2.75) is 38.6 Å². The van der Waals surface area contributed by atoms with Crippen molar-refractivity contribution < 1.29 is 27.4 Å². The van der Waals surface area contributed by atoms with Gasteiger partial charge in [0.25, 0.3) is 5.91 Å². The molecule has 1 aromatic heterocycles. The molecule has 0 spiro atoms. The smallest absolute Gasteiger partial charge is 0.279 e. The molecule has 3 aromatic rings. The first-order valence-electron chi connectivity index (χ1n) is 12.7. The van der Waals surface area contributed by atoms with E-state index in [4.69, 9.17) is 14.2 Å². The molecule has 0 bridgehead atoms. The molecular weight excluding hydrogens is 526 g/mol. The number of fused-ring (bicyclic) bond motifs is 1. The van der Waals surface area contributed by atoms with E-state index in [0.717, 1.165) is 16.6 Å². The van der Waals surface area contributed by atoms with Crippen molar-refractivity contribution in [1.29, 1.82) is 0 Å². The summed E-state index contributed by atoms with van der Waals surface area (Å²) in [6.45, 7) is 8.62. The highest BCUT2D eigenvalue weighted by atomic mass is 32.2. The number of amides is 1. The van der Waals surface area contributed by atoms with Gasteiger partial charge < -0.3 is 18.8 Å². The molecule has 4 rings (SSSR count). The first-order chi connectivity index (χ1) is 18.2. The molecule has 1 aliphatic rings. The van der Waals surface area contributed by atoms with Crippen LogP contribution in [-0.2, 0) is 21.3 Å². The van der Waals surface area contributed by atoms with Crippen LogP contribution in [0.15, 0.2) is 46.3 Å². The molecule has 0 radical (unpaired) electrons. The number of piperidine rings is 1. The Morgan fingerprint density at radius 2 is 1.68 bits per heavy atom. The van der Waals surface area contributed by atoms with Crippen molar-refractivity contribution in [2.24, 2.45) is 16.8 Å². The van der Waals surface area contributed by atoms with Gasteiger partial charge in [-0.25, -0.2) is 8.42 Å². The Labute approximate surface area is 227 Å². The number of aromatic nitrogens is 1. The lowest BCUT2D eigenvalue weighted by Gasteiger charge is -2.34. The fourth-order valence-corrected chi connectivity index (χ4v) is 7.61. The fraction of sp³-hybridized carbons (Fsp3) is 0.481. The molecule has 2 heterocycles. The Kier molecular flexibility index (Phi) is 8.92. The Balaban J connectivity index is 1.66. The van der Waals surface area contributed by atoms with Crippen LogP contribution in [0.5, 0.6) is 11.5 Å². The average Bonchev–Trinajstić information content (AvgIpc) is 3.23. The third kappa shape index (κ3) is 5.96. The van der Waals surface area contributed by atoms with E-state index >= 15 is 0 Å². The third-order valence-electron chi connectivity index (χ3n) is 6.62. The van der Waals surface area contributed by atoms with Crippen LogP contribution in [0.1, 0.15) is 37.6 Å². The normalized spacial score (nSPS) is 19.1. The largest absolute Gasteiger partial charge is 0.493 e. The second-order valence-electron chi connectivity index (χ2n) is 9.62. The number of methoxy groups -OCH3 is 2. The van der Waals surface area contributed by atoms with E-state index in [1.54, 1.807) is 18.5 Å². The molecule has 9 nitrogen and oxygen atoms in total. The fourth-order valence-electron chi connectivity index (χ4n) is 4.87. The van der Waals surface area contributed by atoms with Gasteiger partial charge in [-0.15, -0.1) is 0 Å². The molecule has 0 N–H and O–H groups in total. The summed E-state index contributed by atoms with van der Waals surface area (Å²) in [6, 6.07) is 9.76. The first-order valence-corrected chi connectivity index (χ1v) is 15.0. The molecule has 1 aliphatic heterocycles. The number of nitrogens with zero attached hydrogens (tertiary/aromatic N) is 3. The molecule has 1 saturated heterocycles. The van der Waals surface area contributed by atoms with E-state index < -0.39 is 15.9 Å². The summed E-state index contributed by atoms with van der Waals surface area (Å²) in [6.07, 6.45) is 1.02. The highest BCUT2D eigenvalue weighted by Gasteiger charge is 2.31. The number of hydrogen-bond acceptors (Lipinski definition) is 7. The van der Waals surface area contributed by atoms with Crippen LogP contribution in [-0.4, -0.2) is 63.7 Å². The SMILES string of the molecule is CCOCCn1c(=NC(=O)c2ccc(S(=O)(=O)N3CC(C)CC(C)C3)cc2)sc2cc(OC)c(OC)cc21. The average molecular weight is 562 g/mol. The monoisotopic (exact) mass is 561 g/mol. The maximum absolute atomic E-state index is 13.2. The van der Waals surface area contributed by atoms with E-state index in [1.165, 1.54) is 35.6 Å². The third-order valence-corrected chi connectivity index (χ3v) is 9.51. The zero-order valence-electron chi connectivity index (χ0n) is 22.5.